The summed E-state index contributed by atoms with van der Waals surface area (Å²) in [5.74, 6) is 0.0321. The van der Waals surface area contributed by atoms with Gasteiger partial charge in [-0.25, -0.2) is 4.79 Å². The molecule has 0 heterocycles. The molecule has 3 N–H and O–H groups in total. The highest BCUT2D eigenvalue weighted by atomic mass is 79.9. The van der Waals surface area contributed by atoms with Gasteiger partial charge >= 0.3 is 5.97 Å². The first-order valence-electron chi connectivity index (χ1n) is 5.54. The number of ether oxygens (including phenoxy) is 1. The molecular formula is C14H12BrNO3. The minimum Gasteiger partial charge on any atom is -0.478 e. The number of carboxylic acids is 1. The molecule has 19 heavy (non-hydrogen) atoms. The lowest BCUT2D eigenvalue weighted by Gasteiger charge is -2.11. The predicted octanol–water partition coefficient (Wildman–Crippen LogP) is 3.83. The highest BCUT2D eigenvalue weighted by molar-refractivity contribution is 9.10. The van der Waals surface area contributed by atoms with Crippen LogP contribution in [0, 0.1) is 6.92 Å². The predicted molar refractivity (Wildman–Crippen MR) is 76.8 cm³/mol. The maximum absolute atomic E-state index is 10.8. The van der Waals surface area contributed by atoms with Gasteiger partial charge in [-0.1, -0.05) is 6.07 Å². The highest BCUT2D eigenvalue weighted by Gasteiger charge is 2.09. The van der Waals surface area contributed by atoms with Crippen LogP contribution in [-0.4, -0.2) is 11.1 Å². The zero-order chi connectivity index (χ0) is 14.0. The number of halogens is 1. The van der Waals surface area contributed by atoms with Crippen molar-refractivity contribution in [1.29, 1.82) is 0 Å². The van der Waals surface area contributed by atoms with E-state index >= 15 is 0 Å². The summed E-state index contributed by atoms with van der Waals surface area (Å²) in [6.07, 6.45) is 0. The van der Waals surface area contributed by atoms with Crippen LogP contribution in [0.1, 0.15) is 15.9 Å². The summed E-state index contributed by atoms with van der Waals surface area (Å²) in [5.41, 5.74) is 7.31. The third-order valence-corrected chi connectivity index (χ3v) is 3.18. The fourth-order valence-corrected chi connectivity index (χ4v) is 2.16. The average molecular weight is 322 g/mol. The molecule has 2 aromatic rings. The number of aryl methyl sites for hydroxylation is 1. The first-order chi connectivity index (χ1) is 8.97. The van der Waals surface area contributed by atoms with Gasteiger partial charge in [0.2, 0.25) is 0 Å². The smallest absolute Gasteiger partial charge is 0.335 e. The maximum atomic E-state index is 10.8. The Morgan fingerprint density at radius 2 is 1.89 bits per heavy atom. The molecule has 0 fully saturated rings. The van der Waals surface area contributed by atoms with Crippen molar-refractivity contribution in [3.63, 3.8) is 0 Å². The van der Waals surface area contributed by atoms with Gasteiger partial charge in [-0.2, -0.15) is 0 Å². The molecule has 0 saturated carbocycles. The quantitative estimate of drug-likeness (QED) is 0.843. The maximum Gasteiger partial charge on any atom is 0.335 e. The molecule has 0 aliphatic heterocycles. The van der Waals surface area contributed by atoms with Gasteiger partial charge in [0.15, 0.2) is 0 Å². The van der Waals surface area contributed by atoms with Gasteiger partial charge in [0.05, 0.1) is 15.7 Å². The molecule has 0 aliphatic carbocycles. The summed E-state index contributed by atoms with van der Waals surface area (Å²) >= 11 is 3.41. The molecular weight excluding hydrogens is 310 g/mol. The molecule has 0 aromatic heterocycles. The van der Waals surface area contributed by atoms with Gasteiger partial charge in [-0.3, -0.25) is 0 Å². The third kappa shape index (κ3) is 3.06. The van der Waals surface area contributed by atoms with Crippen LogP contribution in [0.5, 0.6) is 11.5 Å². The van der Waals surface area contributed by atoms with Crippen molar-refractivity contribution >= 4 is 27.6 Å². The van der Waals surface area contributed by atoms with E-state index in [0.717, 1.165) is 10.0 Å². The molecule has 0 bridgehead atoms. The number of aromatic carboxylic acids is 1. The summed E-state index contributed by atoms with van der Waals surface area (Å²) in [6, 6.07) is 10.0. The van der Waals surface area contributed by atoms with Gasteiger partial charge in [0.1, 0.15) is 11.5 Å². The third-order valence-electron chi connectivity index (χ3n) is 2.56. The Hall–Kier alpha value is -2.01. The Kier molecular flexibility index (Phi) is 3.76. The molecule has 98 valence electrons. The van der Waals surface area contributed by atoms with E-state index in [1.165, 1.54) is 12.1 Å². The number of nitrogens with two attached hydrogens (primary N) is 1. The van der Waals surface area contributed by atoms with Crippen molar-refractivity contribution in [2.24, 2.45) is 0 Å². The van der Waals surface area contributed by atoms with Crippen LogP contribution in [0.25, 0.3) is 0 Å². The van der Waals surface area contributed by atoms with E-state index < -0.39 is 5.97 Å². The number of carbonyl (C=O) groups is 1. The Labute approximate surface area is 118 Å². The summed E-state index contributed by atoms with van der Waals surface area (Å²) in [4.78, 5) is 10.8. The second kappa shape index (κ2) is 5.32. The van der Waals surface area contributed by atoms with E-state index in [0.29, 0.717) is 11.5 Å². The van der Waals surface area contributed by atoms with E-state index in [1.807, 2.05) is 25.1 Å². The summed E-state index contributed by atoms with van der Waals surface area (Å²) in [7, 11) is 0. The van der Waals surface area contributed by atoms with Gasteiger partial charge in [-0.05, 0) is 58.7 Å². The van der Waals surface area contributed by atoms with Crippen LogP contribution in [0.3, 0.4) is 0 Å². The molecule has 2 rings (SSSR count). The largest absolute Gasteiger partial charge is 0.478 e. The van der Waals surface area contributed by atoms with Crippen LogP contribution >= 0.6 is 15.9 Å². The standard InChI is InChI=1S/C14H12BrNO3/c1-8-2-4-12(10(15)6-8)19-13-5-3-9(14(17)18)7-11(13)16/h2-7H,16H2,1H3,(H,17,18). The molecule has 5 heteroatoms. The lowest BCUT2D eigenvalue weighted by molar-refractivity contribution is 0.0697. The van der Waals surface area contributed by atoms with Gasteiger partial charge < -0.3 is 15.6 Å². The zero-order valence-electron chi connectivity index (χ0n) is 10.2. The van der Waals surface area contributed by atoms with E-state index in [-0.39, 0.29) is 11.3 Å². The van der Waals surface area contributed by atoms with Crippen LogP contribution in [0.15, 0.2) is 40.9 Å². The van der Waals surface area contributed by atoms with E-state index in [2.05, 4.69) is 15.9 Å². The number of hydrogen-bond donors (Lipinski definition) is 2. The fourth-order valence-electron chi connectivity index (χ4n) is 1.58. The number of carboxylic acid groups (broad SMARTS) is 1. The Bertz CT molecular complexity index is 641. The number of rotatable bonds is 3. The summed E-state index contributed by atoms with van der Waals surface area (Å²) in [6.45, 7) is 1.98. The van der Waals surface area contributed by atoms with E-state index in [4.69, 9.17) is 15.6 Å². The molecule has 0 aliphatic rings. The lowest BCUT2D eigenvalue weighted by atomic mass is 10.2. The lowest BCUT2D eigenvalue weighted by Crippen LogP contribution is -1.99. The number of hydrogen-bond acceptors (Lipinski definition) is 3. The van der Waals surface area contributed by atoms with Crippen molar-refractivity contribution in [3.8, 4) is 11.5 Å². The Morgan fingerprint density at radius 3 is 2.47 bits per heavy atom. The zero-order valence-corrected chi connectivity index (χ0v) is 11.8. The first-order valence-corrected chi connectivity index (χ1v) is 6.33. The highest BCUT2D eigenvalue weighted by Crippen LogP contribution is 2.33. The molecule has 2 aromatic carbocycles. The topological polar surface area (TPSA) is 72.5 Å². The van der Waals surface area contributed by atoms with Crippen molar-refractivity contribution < 1.29 is 14.6 Å². The molecule has 4 nitrogen and oxygen atoms in total. The SMILES string of the molecule is Cc1ccc(Oc2ccc(C(=O)O)cc2N)c(Br)c1. The molecule has 0 atom stereocenters. The van der Waals surface area contributed by atoms with Gasteiger partial charge in [0, 0.05) is 0 Å². The Balaban J connectivity index is 2.31. The summed E-state index contributed by atoms with van der Waals surface area (Å²) < 4.78 is 6.48. The molecule has 0 spiro atoms. The van der Waals surface area contributed by atoms with E-state index in [9.17, 15) is 4.79 Å². The molecule has 0 unspecified atom stereocenters. The van der Waals surface area contributed by atoms with Crippen LogP contribution in [0.4, 0.5) is 5.69 Å². The molecule has 0 saturated heterocycles. The average Bonchev–Trinajstić information content (AvgIpc) is 2.34. The fraction of sp³-hybridized carbons (Fsp3) is 0.0714. The monoisotopic (exact) mass is 321 g/mol. The Morgan fingerprint density at radius 1 is 1.21 bits per heavy atom. The second-order valence-electron chi connectivity index (χ2n) is 4.09. The first kappa shape index (κ1) is 13.4. The van der Waals surface area contributed by atoms with E-state index in [1.54, 1.807) is 6.07 Å². The van der Waals surface area contributed by atoms with Crippen LogP contribution in [-0.2, 0) is 0 Å². The normalized spacial score (nSPS) is 10.2. The number of benzene rings is 2. The minimum atomic E-state index is -1.02. The van der Waals surface area contributed by atoms with Crippen molar-refractivity contribution in [1.82, 2.24) is 0 Å². The van der Waals surface area contributed by atoms with Gasteiger partial charge in [0.25, 0.3) is 0 Å². The summed E-state index contributed by atoms with van der Waals surface area (Å²) in [5, 5.41) is 8.86. The number of nitrogen functional groups attached to an aromatic ring is 1. The van der Waals surface area contributed by atoms with Gasteiger partial charge in [-0.15, -0.1) is 0 Å². The van der Waals surface area contributed by atoms with Crippen molar-refractivity contribution in [2.45, 2.75) is 6.92 Å². The van der Waals surface area contributed by atoms with Crippen LogP contribution < -0.4 is 10.5 Å². The van der Waals surface area contributed by atoms with Crippen molar-refractivity contribution in [3.05, 3.63) is 52.0 Å². The molecule has 0 amide bonds. The second-order valence-corrected chi connectivity index (χ2v) is 4.95. The van der Waals surface area contributed by atoms with Crippen molar-refractivity contribution in [2.75, 3.05) is 5.73 Å². The number of anilines is 1. The minimum absolute atomic E-state index is 0.132. The molecule has 0 radical (unpaired) electrons. The van der Waals surface area contributed by atoms with Crippen LogP contribution in [0.2, 0.25) is 0 Å².